The molecule has 2 aromatic carbocycles. The van der Waals surface area contributed by atoms with E-state index < -0.39 is 0 Å². The molecular formula is C13H11NO. The van der Waals surface area contributed by atoms with E-state index in [0.29, 0.717) is 0 Å². The Morgan fingerprint density at radius 2 is 1.73 bits per heavy atom. The van der Waals surface area contributed by atoms with Crippen LogP contribution in [0.2, 0.25) is 0 Å². The van der Waals surface area contributed by atoms with Gasteiger partial charge in [-0.3, -0.25) is 10.7 Å². The number of anilines is 1. The van der Waals surface area contributed by atoms with E-state index >= 15 is 0 Å². The molecule has 0 fully saturated rings. The molecule has 1 aliphatic rings. The smallest absolute Gasteiger partial charge is 0.0643 e. The zero-order chi connectivity index (χ0) is 10.3. The molecule has 2 N–H and O–H groups in total. The number of hydrogen-bond acceptors (Lipinski definition) is 2. The zero-order valence-electron chi connectivity index (χ0n) is 8.20. The molecule has 0 radical (unpaired) electrons. The van der Waals surface area contributed by atoms with Gasteiger partial charge in [-0.05, 0) is 28.3 Å². The molecule has 0 atom stereocenters. The molecule has 0 amide bonds. The molecular weight excluding hydrogens is 186 g/mol. The second-order valence-electron chi connectivity index (χ2n) is 3.78. The van der Waals surface area contributed by atoms with Crippen LogP contribution >= 0.6 is 0 Å². The van der Waals surface area contributed by atoms with E-state index in [-0.39, 0.29) is 0 Å². The molecule has 2 heteroatoms. The second-order valence-corrected chi connectivity index (χ2v) is 3.78. The van der Waals surface area contributed by atoms with Gasteiger partial charge in [0.25, 0.3) is 0 Å². The Morgan fingerprint density at radius 3 is 2.60 bits per heavy atom. The van der Waals surface area contributed by atoms with Crippen molar-refractivity contribution in [2.45, 2.75) is 6.42 Å². The van der Waals surface area contributed by atoms with E-state index in [1.807, 2.05) is 18.2 Å². The molecule has 0 saturated carbocycles. The fraction of sp³-hybridized carbons (Fsp3) is 0.0769. The summed E-state index contributed by atoms with van der Waals surface area (Å²) in [4.78, 5) is 0. The normalized spacial score (nSPS) is 12.1. The van der Waals surface area contributed by atoms with Gasteiger partial charge in [0, 0.05) is 6.42 Å². The molecule has 2 aromatic rings. The third-order valence-electron chi connectivity index (χ3n) is 2.97. The van der Waals surface area contributed by atoms with Crippen molar-refractivity contribution in [1.82, 2.24) is 0 Å². The molecule has 74 valence electrons. The highest BCUT2D eigenvalue weighted by Gasteiger charge is 2.19. The first-order valence-corrected chi connectivity index (χ1v) is 5.00. The molecule has 0 spiro atoms. The minimum absolute atomic E-state index is 0.809. The molecule has 0 bridgehead atoms. The van der Waals surface area contributed by atoms with Gasteiger partial charge in [0.05, 0.1) is 5.69 Å². The Morgan fingerprint density at radius 1 is 0.933 bits per heavy atom. The van der Waals surface area contributed by atoms with Crippen LogP contribution in [0.15, 0.2) is 42.5 Å². The van der Waals surface area contributed by atoms with Crippen molar-refractivity contribution in [1.29, 1.82) is 0 Å². The molecule has 0 unspecified atom stereocenters. The van der Waals surface area contributed by atoms with Crippen LogP contribution < -0.4 is 5.48 Å². The standard InChI is InChI=1S/C13H11NO/c15-14-13-7-3-6-11-10-5-2-1-4-9(10)8-12(11)13/h1-7,14-15H,8H2. The number of hydrogen-bond donors (Lipinski definition) is 2. The van der Waals surface area contributed by atoms with Crippen molar-refractivity contribution < 1.29 is 5.21 Å². The average Bonchev–Trinajstić information content (AvgIpc) is 2.67. The van der Waals surface area contributed by atoms with E-state index in [9.17, 15) is 0 Å². The summed E-state index contributed by atoms with van der Waals surface area (Å²) in [6.45, 7) is 0. The van der Waals surface area contributed by atoms with Gasteiger partial charge >= 0.3 is 0 Å². The quantitative estimate of drug-likeness (QED) is 0.587. The summed E-state index contributed by atoms with van der Waals surface area (Å²) in [7, 11) is 0. The van der Waals surface area contributed by atoms with Crippen molar-refractivity contribution in [2.24, 2.45) is 0 Å². The Balaban J connectivity index is 2.26. The Hall–Kier alpha value is -1.80. The summed E-state index contributed by atoms with van der Waals surface area (Å²) >= 11 is 0. The monoisotopic (exact) mass is 197 g/mol. The lowest BCUT2D eigenvalue weighted by Gasteiger charge is -2.05. The summed E-state index contributed by atoms with van der Waals surface area (Å²) in [5.41, 5.74) is 8.09. The van der Waals surface area contributed by atoms with E-state index in [4.69, 9.17) is 5.21 Å². The van der Waals surface area contributed by atoms with Gasteiger partial charge in [0.2, 0.25) is 0 Å². The van der Waals surface area contributed by atoms with Crippen LogP contribution in [-0.4, -0.2) is 5.21 Å². The van der Waals surface area contributed by atoms with Crippen molar-refractivity contribution >= 4 is 5.69 Å². The van der Waals surface area contributed by atoms with E-state index in [1.54, 1.807) is 0 Å². The molecule has 0 aromatic heterocycles. The van der Waals surface area contributed by atoms with Crippen LogP contribution in [-0.2, 0) is 6.42 Å². The lowest BCUT2D eigenvalue weighted by atomic mass is 10.1. The molecule has 3 rings (SSSR count). The van der Waals surface area contributed by atoms with Crippen LogP contribution in [0.4, 0.5) is 5.69 Å². The van der Waals surface area contributed by atoms with Gasteiger partial charge in [-0.25, -0.2) is 0 Å². The van der Waals surface area contributed by atoms with Gasteiger partial charge in [-0.2, -0.15) is 0 Å². The molecule has 0 saturated heterocycles. The predicted molar refractivity (Wildman–Crippen MR) is 60.1 cm³/mol. The topological polar surface area (TPSA) is 32.3 Å². The maximum Gasteiger partial charge on any atom is 0.0643 e. The average molecular weight is 197 g/mol. The first kappa shape index (κ1) is 8.50. The summed E-state index contributed by atoms with van der Waals surface area (Å²) < 4.78 is 0. The van der Waals surface area contributed by atoms with Crippen molar-refractivity contribution in [3.8, 4) is 11.1 Å². The van der Waals surface area contributed by atoms with E-state index in [2.05, 4.69) is 29.7 Å². The van der Waals surface area contributed by atoms with Gasteiger partial charge in [-0.15, -0.1) is 0 Å². The Bertz CT molecular complexity index is 520. The summed E-state index contributed by atoms with van der Waals surface area (Å²) in [5, 5.41) is 9.03. The van der Waals surface area contributed by atoms with Gasteiger partial charge < -0.3 is 0 Å². The molecule has 0 aliphatic heterocycles. The minimum Gasteiger partial charge on any atom is -0.291 e. The van der Waals surface area contributed by atoms with Crippen LogP contribution in [0.3, 0.4) is 0 Å². The number of fused-ring (bicyclic) bond motifs is 3. The summed E-state index contributed by atoms with van der Waals surface area (Å²) in [5.74, 6) is 0. The van der Waals surface area contributed by atoms with Crippen molar-refractivity contribution in [3.63, 3.8) is 0 Å². The Kier molecular flexibility index (Phi) is 1.76. The fourth-order valence-electron chi connectivity index (χ4n) is 2.26. The van der Waals surface area contributed by atoms with Crippen molar-refractivity contribution in [3.05, 3.63) is 53.6 Å². The van der Waals surface area contributed by atoms with E-state index in [1.165, 1.54) is 22.3 Å². The van der Waals surface area contributed by atoms with Gasteiger partial charge in [0.15, 0.2) is 0 Å². The highest BCUT2D eigenvalue weighted by atomic mass is 16.5. The predicted octanol–water partition coefficient (Wildman–Crippen LogP) is 3.06. The lowest BCUT2D eigenvalue weighted by molar-refractivity contribution is 0.388. The fourth-order valence-corrected chi connectivity index (χ4v) is 2.26. The maximum absolute atomic E-state index is 9.03. The summed E-state index contributed by atoms with van der Waals surface area (Å²) in [6, 6.07) is 14.3. The highest BCUT2D eigenvalue weighted by molar-refractivity contribution is 5.81. The first-order valence-electron chi connectivity index (χ1n) is 5.00. The highest BCUT2D eigenvalue weighted by Crippen LogP contribution is 2.39. The van der Waals surface area contributed by atoms with Gasteiger partial charge in [-0.1, -0.05) is 36.4 Å². The third-order valence-corrected chi connectivity index (χ3v) is 2.97. The molecule has 0 heterocycles. The number of benzene rings is 2. The Labute approximate surface area is 88.1 Å². The SMILES string of the molecule is ONc1cccc2c1Cc1ccccc1-2. The van der Waals surface area contributed by atoms with Crippen LogP contribution in [0, 0.1) is 0 Å². The zero-order valence-corrected chi connectivity index (χ0v) is 8.20. The van der Waals surface area contributed by atoms with Crippen molar-refractivity contribution in [2.75, 3.05) is 5.48 Å². The van der Waals surface area contributed by atoms with Gasteiger partial charge in [0.1, 0.15) is 0 Å². The van der Waals surface area contributed by atoms with E-state index in [0.717, 1.165) is 12.1 Å². The second kappa shape index (κ2) is 3.11. The molecule has 2 nitrogen and oxygen atoms in total. The first-order chi connectivity index (χ1) is 7.40. The summed E-state index contributed by atoms with van der Waals surface area (Å²) in [6.07, 6.45) is 0.898. The largest absolute Gasteiger partial charge is 0.291 e. The molecule has 15 heavy (non-hydrogen) atoms. The molecule has 1 aliphatic carbocycles. The van der Waals surface area contributed by atoms with Crippen LogP contribution in [0.1, 0.15) is 11.1 Å². The van der Waals surface area contributed by atoms with Crippen LogP contribution in [0.25, 0.3) is 11.1 Å². The van der Waals surface area contributed by atoms with Crippen LogP contribution in [0.5, 0.6) is 0 Å². The third kappa shape index (κ3) is 1.15. The number of rotatable bonds is 1. The number of nitrogens with one attached hydrogen (secondary N) is 1. The minimum atomic E-state index is 0.809. The lowest BCUT2D eigenvalue weighted by Crippen LogP contribution is -1.94. The maximum atomic E-state index is 9.03.